The van der Waals surface area contributed by atoms with E-state index in [0.717, 1.165) is 22.4 Å². The van der Waals surface area contributed by atoms with Crippen molar-refractivity contribution in [3.63, 3.8) is 0 Å². The maximum absolute atomic E-state index is 9.60. The Morgan fingerprint density at radius 3 is 2.96 bits per heavy atom. The fourth-order valence-electron chi connectivity index (χ4n) is 3.22. The van der Waals surface area contributed by atoms with Gasteiger partial charge in [0.05, 0.1) is 24.9 Å². The van der Waals surface area contributed by atoms with E-state index in [1.165, 1.54) is 0 Å². The Labute approximate surface area is 138 Å². The first-order valence-electron chi connectivity index (χ1n) is 7.44. The zero-order valence-corrected chi connectivity index (χ0v) is 12.9. The molecule has 1 aromatic heterocycles. The Hall–Kier alpha value is -3.33. The first-order valence-corrected chi connectivity index (χ1v) is 7.44. The average molecular weight is 318 g/mol. The SMILES string of the molecule is COc1cncc(C2C3=CC=C4N=CC=C4C3OC(N)=C2C#N)c1. The maximum Gasteiger partial charge on any atom is 0.200 e. The fraction of sp³-hybridized carbons (Fsp3) is 0.167. The highest BCUT2D eigenvalue weighted by atomic mass is 16.5. The number of fused-ring (bicyclic) bond motifs is 3. The standard InChI is InChI=1S/C18H14N4O2/c1-23-11-6-10(8-21-9-11)16-13-2-3-15-12(4-5-22-15)17(13)24-18(20)14(16)7-19/h2-6,8-9,16-17H,20H2,1H3. The van der Waals surface area contributed by atoms with E-state index in [2.05, 4.69) is 16.0 Å². The molecule has 2 aliphatic heterocycles. The van der Waals surface area contributed by atoms with Crippen molar-refractivity contribution in [2.45, 2.75) is 12.0 Å². The van der Waals surface area contributed by atoms with Crippen LogP contribution in [-0.2, 0) is 4.74 Å². The van der Waals surface area contributed by atoms with Gasteiger partial charge in [-0.05, 0) is 29.4 Å². The molecule has 0 saturated heterocycles. The Morgan fingerprint density at radius 1 is 1.29 bits per heavy atom. The van der Waals surface area contributed by atoms with Crippen molar-refractivity contribution in [1.82, 2.24) is 4.98 Å². The van der Waals surface area contributed by atoms with E-state index in [1.807, 2.05) is 24.3 Å². The third-order valence-electron chi connectivity index (χ3n) is 4.34. The topological polar surface area (TPSA) is 93.5 Å². The predicted molar refractivity (Wildman–Crippen MR) is 88.0 cm³/mol. The van der Waals surface area contributed by atoms with Crippen molar-refractivity contribution in [3.8, 4) is 11.8 Å². The number of rotatable bonds is 2. The molecular formula is C18H14N4O2. The molecule has 0 saturated carbocycles. The molecule has 0 radical (unpaired) electrons. The second-order valence-electron chi connectivity index (χ2n) is 5.60. The van der Waals surface area contributed by atoms with E-state index < -0.39 is 0 Å². The highest BCUT2D eigenvalue weighted by molar-refractivity contribution is 5.81. The number of aliphatic imine (C=N–C) groups is 1. The summed E-state index contributed by atoms with van der Waals surface area (Å²) in [4.78, 5) is 8.51. The molecule has 0 bridgehead atoms. The monoisotopic (exact) mass is 318 g/mol. The normalized spacial score (nSPS) is 24.1. The van der Waals surface area contributed by atoms with Crippen LogP contribution in [0.4, 0.5) is 0 Å². The van der Waals surface area contributed by atoms with Crippen LogP contribution in [0.5, 0.6) is 5.75 Å². The molecule has 3 heterocycles. The first-order chi connectivity index (χ1) is 11.7. The van der Waals surface area contributed by atoms with Gasteiger partial charge in [-0.1, -0.05) is 6.08 Å². The van der Waals surface area contributed by atoms with Gasteiger partial charge in [0.2, 0.25) is 0 Å². The predicted octanol–water partition coefficient (Wildman–Crippen LogP) is 2.10. The quantitative estimate of drug-likeness (QED) is 0.901. The van der Waals surface area contributed by atoms with Crippen molar-refractivity contribution in [1.29, 1.82) is 5.26 Å². The summed E-state index contributed by atoms with van der Waals surface area (Å²) in [5, 5.41) is 9.60. The van der Waals surface area contributed by atoms with Crippen molar-refractivity contribution in [3.05, 3.63) is 70.6 Å². The molecule has 0 amide bonds. The van der Waals surface area contributed by atoms with Crippen LogP contribution in [0.15, 0.2) is 70.0 Å². The summed E-state index contributed by atoms with van der Waals surface area (Å²) >= 11 is 0. The van der Waals surface area contributed by atoms with E-state index in [9.17, 15) is 5.26 Å². The number of methoxy groups -OCH3 is 1. The summed E-state index contributed by atoms with van der Waals surface area (Å²) in [5.41, 5.74) is 10.0. The van der Waals surface area contributed by atoms with E-state index in [1.54, 1.807) is 25.7 Å². The molecule has 118 valence electrons. The lowest BCUT2D eigenvalue weighted by molar-refractivity contribution is 0.151. The van der Waals surface area contributed by atoms with E-state index in [4.69, 9.17) is 15.2 Å². The molecule has 0 fully saturated rings. The van der Waals surface area contributed by atoms with E-state index in [-0.39, 0.29) is 17.9 Å². The third-order valence-corrected chi connectivity index (χ3v) is 4.34. The molecule has 2 atom stereocenters. The van der Waals surface area contributed by atoms with Gasteiger partial charge in [-0.2, -0.15) is 5.26 Å². The van der Waals surface area contributed by atoms with Gasteiger partial charge in [-0.15, -0.1) is 0 Å². The van der Waals surface area contributed by atoms with Gasteiger partial charge in [0.15, 0.2) is 5.88 Å². The van der Waals surface area contributed by atoms with E-state index in [0.29, 0.717) is 11.3 Å². The molecule has 3 aliphatic rings. The van der Waals surface area contributed by atoms with Crippen LogP contribution in [0.3, 0.4) is 0 Å². The average Bonchev–Trinajstić information content (AvgIpc) is 3.09. The zero-order valence-electron chi connectivity index (χ0n) is 12.9. The Kier molecular flexibility index (Phi) is 3.21. The summed E-state index contributed by atoms with van der Waals surface area (Å²) in [6.07, 6.45) is 10.5. The smallest absolute Gasteiger partial charge is 0.200 e. The third kappa shape index (κ3) is 2.02. The molecule has 1 aromatic rings. The van der Waals surface area contributed by atoms with Gasteiger partial charge in [0.1, 0.15) is 23.5 Å². The lowest BCUT2D eigenvalue weighted by Gasteiger charge is -2.35. The molecule has 4 rings (SSSR count). The number of hydrogen-bond donors (Lipinski definition) is 1. The molecule has 1 aliphatic carbocycles. The summed E-state index contributed by atoms with van der Waals surface area (Å²) < 4.78 is 11.1. The van der Waals surface area contributed by atoms with Gasteiger partial charge in [-0.25, -0.2) is 0 Å². The minimum Gasteiger partial charge on any atom is -0.495 e. The molecule has 24 heavy (non-hydrogen) atoms. The molecule has 0 aromatic carbocycles. The van der Waals surface area contributed by atoms with Crippen LogP contribution in [0.25, 0.3) is 0 Å². The summed E-state index contributed by atoms with van der Waals surface area (Å²) in [5.74, 6) is 0.444. The van der Waals surface area contributed by atoms with Gasteiger partial charge in [-0.3, -0.25) is 9.98 Å². The summed E-state index contributed by atoms with van der Waals surface area (Å²) in [6.45, 7) is 0. The number of nitriles is 1. The second-order valence-corrected chi connectivity index (χ2v) is 5.60. The molecule has 0 spiro atoms. The minimum absolute atomic E-state index is 0.140. The lowest BCUT2D eigenvalue weighted by Crippen LogP contribution is -2.33. The number of aromatic nitrogens is 1. The number of pyridine rings is 1. The molecule has 2 N–H and O–H groups in total. The van der Waals surface area contributed by atoms with Gasteiger partial charge >= 0.3 is 0 Å². The van der Waals surface area contributed by atoms with Crippen LogP contribution in [-0.4, -0.2) is 24.4 Å². The van der Waals surface area contributed by atoms with Crippen LogP contribution in [0.1, 0.15) is 11.5 Å². The molecule has 2 unspecified atom stereocenters. The van der Waals surface area contributed by atoms with Crippen molar-refractivity contribution in [2.75, 3.05) is 7.11 Å². The number of nitrogens with two attached hydrogens (primary N) is 1. The van der Waals surface area contributed by atoms with Crippen molar-refractivity contribution in [2.24, 2.45) is 10.7 Å². The van der Waals surface area contributed by atoms with Crippen molar-refractivity contribution >= 4 is 6.21 Å². The summed E-state index contributed by atoms with van der Waals surface area (Å²) in [6, 6.07) is 4.05. The molecular weight excluding hydrogens is 304 g/mol. The minimum atomic E-state index is -0.346. The molecule has 6 heteroatoms. The van der Waals surface area contributed by atoms with Crippen LogP contribution in [0.2, 0.25) is 0 Å². The molecule has 6 nitrogen and oxygen atoms in total. The van der Waals surface area contributed by atoms with Gasteiger partial charge in [0, 0.05) is 18.0 Å². The highest BCUT2D eigenvalue weighted by Crippen LogP contribution is 2.45. The van der Waals surface area contributed by atoms with Gasteiger partial charge in [0.25, 0.3) is 0 Å². The van der Waals surface area contributed by atoms with Crippen LogP contribution >= 0.6 is 0 Å². The Bertz CT molecular complexity index is 915. The Balaban J connectivity index is 1.89. The zero-order chi connectivity index (χ0) is 16.7. The first kappa shape index (κ1) is 14.3. The lowest BCUT2D eigenvalue weighted by atomic mass is 9.77. The maximum atomic E-state index is 9.60. The second kappa shape index (κ2) is 5.39. The largest absolute Gasteiger partial charge is 0.495 e. The number of ether oxygens (including phenoxy) is 2. The number of allylic oxidation sites excluding steroid dienone is 4. The van der Waals surface area contributed by atoms with Gasteiger partial charge < -0.3 is 15.2 Å². The van der Waals surface area contributed by atoms with Crippen LogP contribution in [0, 0.1) is 11.3 Å². The summed E-state index contributed by atoms with van der Waals surface area (Å²) in [7, 11) is 1.58. The number of nitrogens with zero attached hydrogens (tertiary/aromatic N) is 3. The van der Waals surface area contributed by atoms with E-state index >= 15 is 0 Å². The number of hydrogen-bond acceptors (Lipinski definition) is 6. The van der Waals surface area contributed by atoms with Crippen molar-refractivity contribution < 1.29 is 9.47 Å². The fourth-order valence-corrected chi connectivity index (χ4v) is 3.22. The van der Waals surface area contributed by atoms with Crippen LogP contribution < -0.4 is 10.5 Å². The Morgan fingerprint density at radius 2 is 2.17 bits per heavy atom. The highest BCUT2D eigenvalue weighted by Gasteiger charge is 2.40.